The van der Waals surface area contributed by atoms with Crippen LogP contribution < -0.4 is 16.0 Å². The predicted octanol–water partition coefficient (Wildman–Crippen LogP) is 6.39. The molecule has 4 aromatic rings. The van der Waals surface area contributed by atoms with Crippen molar-refractivity contribution in [2.75, 3.05) is 37.6 Å². The summed E-state index contributed by atoms with van der Waals surface area (Å²) in [7, 11) is -2.45. The van der Waals surface area contributed by atoms with Crippen LogP contribution in [-0.2, 0) is 21.4 Å². The van der Waals surface area contributed by atoms with Gasteiger partial charge in [0.2, 0.25) is 0 Å². The van der Waals surface area contributed by atoms with Gasteiger partial charge in [0.1, 0.15) is 0 Å². The zero-order valence-corrected chi connectivity index (χ0v) is 27.8. The third kappa shape index (κ3) is 8.10. The Hall–Kier alpha value is -4.14. The van der Waals surface area contributed by atoms with Gasteiger partial charge < -0.3 is 10.4 Å². The van der Waals surface area contributed by atoms with Crippen LogP contribution in [0.3, 0.4) is 0 Å². The van der Waals surface area contributed by atoms with Crippen molar-refractivity contribution >= 4 is 36.3 Å². The van der Waals surface area contributed by atoms with Crippen LogP contribution in [0.5, 0.6) is 0 Å². The van der Waals surface area contributed by atoms with Crippen molar-refractivity contribution in [3.8, 4) is 11.1 Å². The maximum absolute atomic E-state index is 14.1. The Morgan fingerprint density at radius 2 is 1.73 bits per heavy atom. The Bertz CT molecular complexity index is 1750. The number of aromatic nitrogens is 4. The SMILES string of the molecule is CCOP(C)(O)(Cc1ccc(Nc2ncc(C(F)(F)F)c(Nc3ccc(-c4cnn(C5CC(O)C5)c4)cc3C(=O)NC)n2)cc1)OCC. The number of nitrogens with zero attached hydrogens (tertiary/aromatic N) is 4. The molecule has 12 nitrogen and oxygen atoms in total. The van der Waals surface area contributed by atoms with Gasteiger partial charge in [-0.25, -0.2) is 0 Å². The molecule has 1 aliphatic rings. The number of anilines is 4. The second kappa shape index (κ2) is 13.8. The van der Waals surface area contributed by atoms with Gasteiger partial charge in [-0.2, -0.15) is 5.10 Å². The van der Waals surface area contributed by atoms with E-state index >= 15 is 0 Å². The molecule has 5 N–H and O–H groups in total. The van der Waals surface area contributed by atoms with Crippen LogP contribution in [-0.4, -0.2) is 68.7 Å². The standard InChI is InChI=1S/C32H39F3N7O5P/c1-5-46-48(4,45,47-6-2)19-20-7-10-23(11-8-20)39-31-37-17-27(32(33,34)35)29(41-31)40-28-12-9-21(13-26(28)30(44)36-3)22-16-38-42(18-22)24-14-25(43)15-24/h7-13,16-18,24-25,43,45H,5-6,14-15,19H2,1-4H3,(H,36,44)(H2,37,39,40,41). The average Bonchev–Trinajstić information content (AvgIpc) is 3.49. The second-order valence-corrected chi connectivity index (χ2v) is 15.6. The van der Waals surface area contributed by atoms with E-state index < -0.39 is 30.7 Å². The van der Waals surface area contributed by atoms with Crippen LogP contribution in [0.15, 0.2) is 61.1 Å². The number of alkyl halides is 3. The van der Waals surface area contributed by atoms with Gasteiger partial charge in [0.15, 0.2) is 0 Å². The van der Waals surface area contributed by atoms with Crippen molar-refractivity contribution in [1.29, 1.82) is 0 Å². The third-order valence-electron chi connectivity index (χ3n) is 7.91. The van der Waals surface area contributed by atoms with Crippen molar-refractivity contribution < 1.29 is 37.0 Å². The Morgan fingerprint density at radius 1 is 1.04 bits per heavy atom. The molecule has 48 heavy (non-hydrogen) atoms. The Balaban J connectivity index is 1.40. The van der Waals surface area contributed by atoms with Crippen LogP contribution in [0.4, 0.5) is 36.3 Å². The van der Waals surface area contributed by atoms with Gasteiger partial charge in [0.25, 0.3) is 5.91 Å². The molecule has 1 fully saturated rings. The molecule has 0 bridgehead atoms. The minimum absolute atomic E-state index is 0.0817. The van der Waals surface area contributed by atoms with E-state index in [4.69, 9.17) is 9.05 Å². The molecule has 0 radical (unpaired) electrons. The number of hydrogen-bond acceptors (Lipinski definition) is 10. The molecule has 16 heteroatoms. The van der Waals surface area contributed by atoms with Crippen molar-refractivity contribution in [2.24, 2.45) is 0 Å². The molecule has 258 valence electrons. The Morgan fingerprint density at radius 3 is 2.33 bits per heavy atom. The number of carbonyl (C=O) groups excluding carboxylic acids is 1. The molecule has 0 saturated heterocycles. The molecule has 0 spiro atoms. The van der Waals surface area contributed by atoms with Crippen molar-refractivity contribution in [3.05, 3.63) is 77.7 Å². The summed E-state index contributed by atoms with van der Waals surface area (Å²) < 4.78 is 55.3. The fourth-order valence-corrected chi connectivity index (χ4v) is 8.13. The van der Waals surface area contributed by atoms with Crippen LogP contribution in [0, 0.1) is 0 Å². The molecular formula is C32H39F3N7O5P. The summed E-state index contributed by atoms with van der Waals surface area (Å²) in [6.07, 6.45) is 0.322. The summed E-state index contributed by atoms with van der Waals surface area (Å²) in [5, 5.41) is 22.2. The molecule has 2 aromatic heterocycles. The molecule has 2 heterocycles. The third-order valence-corrected chi connectivity index (χ3v) is 10.8. The summed E-state index contributed by atoms with van der Waals surface area (Å²) >= 11 is 0. The van der Waals surface area contributed by atoms with Gasteiger partial charge in [-0.3, -0.25) is 9.48 Å². The van der Waals surface area contributed by atoms with Gasteiger partial charge in [-0.15, -0.1) is 0 Å². The minimum atomic E-state index is -4.79. The predicted molar refractivity (Wildman–Crippen MR) is 177 cm³/mol. The zero-order chi connectivity index (χ0) is 34.7. The summed E-state index contributed by atoms with van der Waals surface area (Å²) in [6.45, 7) is 5.68. The fraction of sp³-hybridized carbons (Fsp3) is 0.375. The first-order valence-electron chi connectivity index (χ1n) is 15.4. The van der Waals surface area contributed by atoms with Crippen molar-refractivity contribution in [3.63, 3.8) is 0 Å². The Labute approximate surface area is 275 Å². The van der Waals surface area contributed by atoms with E-state index in [9.17, 15) is 28.0 Å². The van der Waals surface area contributed by atoms with Gasteiger partial charge in [0, 0.05) is 18.8 Å². The maximum atomic E-state index is 14.1. The van der Waals surface area contributed by atoms with Gasteiger partial charge in [-0.05, 0) is 24.5 Å². The number of carbonyl (C=O) groups is 1. The first-order chi connectivity index (χ1) is 22.7. The van der Waals surface area contributed by atoms with Crippen LogP contribution in [0.25, 0.3) is 11.1 Å². The van der Waals surface area contributed by atoms with Crippen molar-refractivity contribution in [2.45, 2.75) is 51.2 Å². The molecule has 1 aliphatic carbocycles. The molecule has 2 aromatic carbocycles. The molecule has 0 aliphatic heterocycles. The Kier molecular flexibility index (Phi) is 10.1. The van der Waals surface area contributed by atoms with E-state index in [2.05, 4.69) is 31.0 Å². The van der Waals surface area contributed by atoms with Crippen LogP contribution >= 0.6 is 7.28 Å². The number of aliphatic hydroxyl groups is 1. The summed E-state index contributed by atoms with van der Waals surface area (Å²) in [5.74, 6) is -1.19. The zero-order valence-electron chi connectivity index (χ0n) is 27.0. The first-order valence-corrected chi connectivity index (χ1v) is 18.1. The van der Waals surface area contributed by atoms with Gasteiger partial charge >= 0.3 is 177 Å². The summed E-state index contributed by atoms with van der Waals surface area (Å²) in [5.41, 5.74) is 1.63. The number of hydrogen-bond donors (Lipinski definition) is 5. The quantitative estimate of drug-likeness (QED) is 0.0997. The summed E-state index contributed by atoms with van der Waals surface area (Å²) in [6, 6.07) is 11.6. The number of aliphatic hydroxyl groups excluding tert-OH is 1. The monoisotopic (exact) mass is 689 g/mol. The molecular weight excluding hydrogens is 650 g/mol. The molecule has 0 unspecified atom stereocenters. The normalized spacial score (nSPS) is 17.2. The number of benzene rings is 2. The van der Waals surface area contributed by atoms with E-state index in [0.717, 1.165) is 5.56 Å². The number of nitrogens with one attached hydrogen (secondary N) is 3. The second-order valence-electron chi connectivity index (χ2n) is 11.7. The van der Waals surface area contributed by atoms with E-state index in [1.54, 1.807) is 67.8 Å². The van der Waals surface area contributed by atoms with Crippen molar-refractivity contribution in [1.82, 2.24) is 25.1 Å². The fourth-order valence-electron chi connectivity index (χ4n) is 5.52. The number of halogens is 3. The van der Waals surface area contributed by atoms with Crippen LogP contribution in [0.1, 0.15) is 54.2 Å². The van der Waals surface area contributed by atoms with E-state index in [-0.39, 0.29) is 48.7 Å². The molecule has 5 rings (SSSR count). The topological polar surface area (TPSA) is 156 Å². The van der Waals surface area contributed by atoms with E-state index in [1.165, 1.54) is 13.1 Å². The average molecular weight is 690 g/mol. The molecule has 1 saturated carbocycles. The number of amides is 1. The first kappa shape index (κ1) is 35.2. The molecule has 0 atom stereocenters. The molecule has 1 amide bonds. The van der Waals surface area contributed by atoms with Gasteiger partial charge in [0.05, 0.1) is 18.3 Å². The van der Waals surface area contributed by atoms with Crippen LogP contribution in [0.2, 0.25) is 0 Å². The van der Waals surface area contributed by atoms with E-state index in [0.29, 0.717) is 35.9 Å². The number of rotatable bonds is 13. The summed E-state index contributed by atoms with van der Waals surface area (Å²) in [4.78, 5) is 32.1. The van der Waals surface area contributed by atoms with Gasteiger partial charge in [-0.1, -0.05) is 6.07 Å². The van der Waals surface area contributed by atoms with E-state index in [1.807, 2.05) is 6.20 Å².